The van der Waals surface area contributed by atoms with E-state index in [4.69, 9.17) is 4.74 Å². The Balaban J connectivity index is 1.66. The largest absolute Gasteiger partial charge is 0.378 e. The molecule has 1 unspecified atom stereocenters. The van der Waals surface area contributed by atoms with Crippen molar-refractivity contribution in [1.82, 2.24) is 16.0 Å². The van der Waals surface area contributed by atoms with Crippen molar-refractivity contribution in [2.45, 2.75) is 6.04 Å². The van der Waals surface area contributed by atoms with Gasteiger partial charge in [0.25, 0.3) is 5.91 Å². The summed E-state index contributed by atoms with van der Waals surface area (Å²) in [5, 5.41) is 8.59. The van der Waals surface area contributed by atoms with Gasteiger partial charge in [-0.1, -0.05) is 15.9 Å². The lowest BCUT2D eigenvalue weighted by molar-refractivity contribution is -0.125. The zero-order valence-corrected chi connectivity index (χ0v) is 13.1. The number of morpholine rings is 1. The molecule has 0 saturated carbocycles. The molecule has 0 spiro atoms. The number of amides is 2. The van der Waals surface area contributed by atoms with Crippen LogP contribution in [0.4, 0.5) is 0 Å². The van der Waals surface area contributed by atoms with Crippen LogP contribution in [0.2, 0.25) is 0 Å². The Morgan fingerprint density at radius 3 is 2.62 bits per heavy atom. The lowest BCUT2D eigenvalue weighted by atomic mass is 10.2. The summed E-state index contributed by atoms with van der Waals surface area (Å²) in [7, 11) is 0. The number of benzene rings is 1. The topological polar surface area (TPSA) is 79.5 Å². The monoisotopic (exact) mass is 355 g/mol. The van der Waals surface area contributed by atoms with Crippen molar-refractivity contribution in [2.24, 2.45) is 0 Å². The zero-order valence-electron chi connectivity index (χ0n) is 11.5. The number of halogens is 1. The van der Waals surface area contributed by atoms with Crippen molar-refractivity contribution in [2.75, 3.05) is 32.8 Å². The van der Waals surface area contributed by atoms with E-state index in [1.165, 1.54) is 0 Å². The molecule has 0 aromatic heterocycles. The van der Waals surface area contributed by atoms with Crippen molar-refractivity contribution in [1.29, 1.82) is 0 Å². The molecule has 21 heavy (non-hydrogen) atoms. The Labute approximate surface area is 131 Å². The lowest BCUT2D eigenvalue weighted by Crippen LogP contribution is -2.52. The second kappa shape index (κ2) is 8.11. The average molecular weight is 356 g/mol. The van der Waals surface area contributed by atoms with E-state index in [0.717, 1.165) is 4.47 Å². The zero-order chi connectivity index (χ0) is 15.1. The highest BCUT2D eigenvalue weighted by Gasteiger charge is 2.20. The standard InChI is InChI=1S/C14H18BrN3O3/c15-11-3-1-10(2-4-11)13(19)17-5-6-18-14(20)12-9-21-8-7-16-12/h1-4,12,16H,5-9H2,(H,17,19)(H,18,20). The highest BCUT2D eigenvalue weighted by molar-refractivity contribution is 9.10. The van der Waals surface area contributed by atoms with Gasteiger partial charge in [-0.25, -0.2) is 0 Å². The van der Waals surface area contributed by atoms with Crippen LogP contribution in [-0.2, 0) is 9.53 Å². The normalized spacial score (nSPS) is 18.0. The van der Waals surface area contributed by atoms with Crippen LogP contribution in [0.25, 0.3) is 0 Å². The van der Waals surface area contributed by atoms with E-state index in [9.17, 15) is 9.59 Å². The molecular formula is C14H18BrN3O3. The number of hydrogen-bond acceptors (Lipinski definition) is 4. The van der Waals surface area contributed by atoms with Gasteiger partial charge in [-0.15, -0.1) is 0 Å². The SMILES string of the molecule is O=C(NCCNC(=O)C1COCCN1)c1ccc(Br)cc1. The summed E-state index contributed by atoms with van der Waals surface area (Å²) in [6, 6.07) is 6.79. The molecule has 0 bridgehead atoms. The van der Waals surface area contributed by atoms with Gasteiger partial charge >= 0.3 is 0 Å². The molecule has 1 atom stereocenters. The van der Waals surface area contributed by atoms with Gasteiger partial charge in [-0.3, -0.25) is 9.59 Å². The number of carbonyl (C=O) groups is 2. The summed E-state index contributed by atoms with van der Waals surface area (Å²) >= 11 is 3.32. The first kappa shape index (κ1) is 15.9. The first-order valence-electron chi connectivity index (χ1n) is 6.79. The first-order valence-corrected chi connectivity index (χ1v) is 7.59. The molecule has 6 nitrogen and oxygen atoms in total. The van der Waals surface area contributed by atoms with Crippen molar-refractivity contribution in [3.05, 3.63) is 34.3 Å². The van der Waals surface area contributed by atoms with Crippen LogP contribution < -0.4 is 16.0 Å². The van der Waals surface area contributed by atoms with E-state index < -0.39 is 0 Å². The Bertz CT molecular complexity index is 487. The molecular weight excluding hydrogens is 338 g/mol. The molecule has 1 aliphatic heterocycles. The Kier molecular flexibility index (Phi) is 6.16. The molecule has 114 valence electrons. The van der Waals surface area contributed by atoms with Crippen molar-refractivity contribution in [3.8, 4) is 0 Å². The fourth-order valence-electron chi connectivity index (χ4n) is 1.92. The molecule has 1 aromatic rings. The average Bonchev–Trinajstić information content (AvgIpc) is 2.52. The number of carbonyl (C=O) groups excluding carboxylic acids is 2. The van der Waals surface area contributed by atoms with Gasteiger partial charge in [-0.2, -0.15) is 0 Å². The Hall–Kier alpha value is -1.44. The molecule has 1 fully saturated rings. The third kappa shape index (κ3) is 5.11. The summed E-state index contributed by atoms with van der Waals surface area (Å²) in [6.45, 7) is 2.47. The lowest BCUT2D eigenvalue weighted by Gasteiger charge is -2.22. The minimum Gasteiger partial charge on any atom is -0.378 e. The number of ether oxygens (including phenoxy) is 1. The predicted octanol–water partition coefficient (Wildman–Crippen LogP) is 0.284. The molecule has 7 heteroatoms. The number of hydrogen-bond donors (Lipinski definition) is 3. The fourth-order valence-corrected chi connectivity index (χ4v) is 2.19. The smallest absolute Gasteiger partial charge is 0.251 e. The molecule has 1 saturated heterocycles. The van der Waals surface area contributed by atoms with Crippen molar-refractivity contribution in [3.63, 3.8) is 0 Å². The van der Waals surface area contributed by atoms with Gasteiger partial charge in [-0.05, 0) is 24.3 Å². The fraction of sp³-hybridized carbons (Fsp3) is 0.429. The van der Waals surface area contributed by atoms with Crippen LogP contribution in [0.1, 0.15) is 10.4 Å². The quantitative estimate of drug-likeness (QED) is 0.663. The predicted molar refractivity (Wildman–Crippen MR) is 82.1 cm³/mol. The van der Waals surface area contributed by atoms with Crippen LogP contribution in [0, 0.1) is 0 Å². The van der Waals surface area contributed by atoms with Crippen LogP contribution in [0.15, 0.2) is 28.7 Å². The summed E-state index contributed by atoms with van der Waals surface area (Å²) in [4.78, 5) is 23.6. The highest BCUT2D eigenvalue weighted by Crippen LogP contribution is 2.10. The van der Waals surface area contributed by atoms with Gasteiger partial charge in [0.05, 0.1) is 13.2 Å². The Morgan fingerprint density at radius 1 is 1.24 bits per heavy atom. The third-order valence-corrected chi connectivity index (χ3v) is 3.58. The van der Waals surface area contributed by atoms with Crippen molar-refractivity contribution < 1.29 is 14.3 Å². The number of rotatable bonds is 5. The van der Waals surface area contributed by atoms with Gasteiger partial charge in [0.1, 0.15) is 6.04 Å². The molecule has 1 aliphatic rings. The second-order valence-electron chi connectivity index (χ2n) is 4.64. The minimum atomic E-state index is -0.305. The van der Waals surface area contributed by atoms with Crippen LogP contribution in [0.3, 0.4) is 0 Å². The van der Waals surface area contributed by atoms with Gasteiger partial charge in [0, 0.05) is 29.7 Å². The summed E-state index contributed by atoms with van der Waals surface area (Å²) < 4.78 is 6.14. The molecule has 2 rings (SSSR count). The highest BCUT2D eigenvalue weighted by atomic mass is 79.9. The van der Waals surface area contributed by atoms with Gasteiger partial charge in [0.15, 0.2) is 0 Å². The van der Waals surface area contributed by atoms with Crippen LogP contribution >= 0.6 is 15.9 Å². The molecule has 2 amide bonds. The van der Waals surface area contributed by atoms with E-state index in [-0.39, 0.29) is 17.9 Å². The molecule has 0 aliphatic carbocycles. The van der Waals surface area contributed by atoms with E-state index in [0.29, 0.717) is 38.4 Å². The van der Waals surface area contributed by atoms with Crippen LogP contribution in [0.5, 0.6) is 0 Å². The van der Waals surface area contributed by atoms with E-state index in [1.54, 1.807) is 12.1 Å². The summed E-state index contributed by atoms with van der Waals surface area (Å²) in [5.41, 5.74) is 0.590. The minimum absolute atomic E-state index is 0.104. The molecule has 1 heterocycles. The van der Waals surface area contributed by atoms with Crippen LogP contribution in [-0.4, -0.2) is 50.7 Å². The number of nitrogens with one attached hydrogen (secondary N) is 3. The third-order valence-electron chi connectivity index (χ3n) is 3.05. The van der Waals surface area contributed by atoms with Crippen molar-refractivity contribution >= 4 is 27.7 Å². The maximum Gasteiger partial charge on any atom is 0.251 e. The summed E-state index contributed by atoms with van der Waals surface area (Å²) in [6.07, 6.45) is 0. The first-order chi connectivity index (χ1) is 10.2. The van der Waals surface area contributed by atoms with E-state index in [1.807, 2.05) is 12.1 Å². The summed E-state index contributed by atoms with van der Waals surface area (Å²) in [5.74, 6) is -0.261. The van der Waals surface area contributed by atoms with E-state index in [2.05, 4.69) is 31.9 Å². The van der Waals surface area contributed by atoms with E-state index >= 15 is 0 Å². The van der Waals surface area contributed by atoms with Gasteiger partial charge < -0.3 is 20.7 Å². The molecule has 3 N–H and O–H groups in total. The maximum absolute atomic E-state index is 11.8. The van der Waals surface area contributed by atoms with Gasteiger partial charge in [0.2, 0.25) is 5.91 Å². The second-order valence-corrected chi connectivity index (χ2v) is 5.55. The molecule has 0 radical (unpaired) electrons. The maximum atomic E-state index is 11.8. The Morgan fingerprint density at radius 2 is 1.95 bits per heavy atom. The molecule has 1 aromatic carbocycles.